The molecule has 0 N–H and O–H groups in total. The second-order valence-electron chi connectivity index (χ2n) is 8.81. The highest BCUT2D eigenvalue weighted by atomic mass is 16.2. The van der Waals surface area contributed by atoms with Crippen LogP contribution in [-0.2, 0) is 22.6 Å². The molecule has 5 rings (SSSR count). The van der Waals surface area contributed by atoms with Crippen molar-refractivity contribution in [2.24, 2.45) is 0 Å². The summed E-state index contributed by atoms with van der Waals surface area (Å²) in [5.41, 5.74) is 3.84. The molecule has 1 aromatic heterocycles. The molecule has 1 aliphatic rings. The van der Waals surface area contributed by atoms with Gasteiger partial charge in [-0.05, 0) is 36.2 Å². The third kappa shape index (κ3) is 4.44. The first kappa shape index (κ1) is 21.9. The molecule has 3 aromatic carbocycles. The van der Waals surface area contributed by atoms with Crippen molar-refractivity contribution >= 4 is 28.5 Å². The van der Waals surface area contributed by atoms with Crippen molar-refractivity contribution in [3.63, 3.8) is 0 Å². The number of fused-ring (bicyclic) bond motifs is 1. The van der Waals surface area contributed by atoms with E-state index in [1.807, 2.05) is 82.3 Å². The summed E-state index contributed by atoms with van der Waals surface area (Å²) in [6, 6.07) is 27.7. The van der Waals surface area contributed by atoms with Gasteiger partial charge in [0, 0.05) is 38.2 Å². The number of aromatic nitrogens is 2. The standard InChI is InChI=1S/C28H28N4O2/c1-30(23-12-6-3-7-13-23)27(34)20-32-25-15-9-8-14-24(25)29-28(32)22-18-26(33)31(19-22)17-16-21-10-4-2-5-11-21/h2-15,22H,16-20H2,1H3. The van der Waals surface area contributed by atoms with E-state index in [1.165, 1.54) is 5.56 Å². The Hall–Kier alpha value is -3.93. The number of para-hydroxylation sites is 3. The Morgan fingerprint density at radius 3 is 2.41 bits per heavy atom. The molecule has 0 radical (unpaired) electrons. The van der Waals surface area contributed by atoms with Crippen molar-refractivity contribution in [1.29, 1.82) is 0 Å². The van der Waals surface area contributed by atoms with Gasteiger partial charge in [-0.25, -0.2) is 4.98 Å². The Kier molecular flexibility index (Phi) is 6.12. The van der Waals surface area contributed by atoms with Crippen LogP contribution in [0.1, 0.15) is 23.7 Å². The van der Waals surface area contributed by atoms with Crippen LogP contribution in [-0.4, -0.2) is 46.4 Å². The SMILES string of the molecule is CN(C(=O)Cn1c(C2CC(=O)N(CCc3ccccc3)C2)nc2ccccc21)c1ccccc1. The molecule has 1 saturated heterocycles. The molecular formula is C28H28N4O2. The summed E-state index contributed by atoms with van der Waals surface area (Å²) in [7, 11) is 1.79. The molecule has 1 unspecified atom stereocenters. The number of nitrogens with zero attached hydrogens (tertiary/aromatic N) is 4. The number of hydrogen-bond donors (Lipinski definition) is 0. The molecule has 34 heavy (non-hydrogen) atoms. The number of carbonyl (C=O) groups excluding carboxylic acids is 2. The van der Waals surface area contributed by atoms with E-state index in [1.54, 1.807) is 11.9 Å². The average Bonchev–Trinajstić information content (AvgIpc) is 3.43. The fourth-order valence-electron chi connectivity index (χ4n) is 4.68. The van der Waals surface area contributed by atoms with Crippen LogP contribution >= 0.6 is 0 Å². The van der Waals surface area contributed by atoms with E-state index in [-0.39, 0.29) is 24.3 Å². The van der Waals surface area contributed by atoms with Gasteiger partial charge < -0.3 is 14.4 Å². The molecule has 1 fully saturated rings. The fourth-order valence-corrected chi connectivity index (χ4v) is 4.68. The molecule has 1 atom stereocenters. The summed E-state index contributed by atoms with van der Waals surface area (Å²) in [5.74, 6) is 0.894. The highest BCUT2D eigenvalue weighted by molar-refractivity contribution is 5.93. The highest BCUT2D eigenvalue weighted by Gasteiger charge is 2.34. The van der Waals surface area contributed by atoms with Crippen molar-refractivity contribution in [3.05, 3.63) is 96.3 Å². The molecule has 0 aliphatic carbocycles. The Labute approximate surface area is 199 Å². The predicted octanol–water partition coefficient (Wildman–Crippen LogP) is 4.26. The van der Waals surface area contributed by atoms with Gasteiger partial charge in [0.15, 0.2) is 0 Å². The van der Waals surface area contributed by atoms with E-state index >= 15 is 0 Å². The van der Waals surface area contributed by atoms with E-state index in [0.29, 0.717) is 19.5 Å². The Bertz CT molecular complexity index is 1300. The van der Waals surface area contributed by atoms with Crippen molar-refractivity contribution < 1.29 is 9.59 Å². The van der Waals surface area contributed by atoms with E-state index in [0.717, 1.165) is 29.0 Å². The summed E-state index contributed by atoms with van der Waals surface area (Å²) in [5, 5.41) is 0. The van der Waals surface area contributed by atoms with Gasteiger partial charge in [0.1, 0.15) is 12.4 Å². The topological polar surface area (TPSA) is 58.4 Å². The molecule has 172 valence electrons. The summed E-state index contributed by atoms with van der Waals surface area (Å²) in [6.45, 7) is 1.49. The molecule has 2 amide bonds. The predicted molar refractivity (Wildman–Crippen MR) is 134 cm³/mol. The third-order valence-electron chi connectivity index (χ3n) is 6.59. The smallest absolute Gasteiger partial charge is 0.246 e. The van der Waals surface area contributed by atoms with Crippen LogP contribution in [0.4, 0.5) is 5.69 Å². The zero-order valence-electron chi connectivity index (χ0n) is 19.3. The van der Waals surface area contributed by atoms with Gasteiger partial charge in [0.05, 0.1) is 11.0 Å². The fraction of sp³-hybridized carbons (Fsp3) is 0.250. The summed E-state index contributed by atoms with van der Waals surface area (Å²) >= 11 is 0. The van der Waals surface area contributed by atoms with Gasteiger partial charge >= 0.3 is 0 Å². The molecule has 0 saturated carbocycles. The lowest BCUT2D eigenvalue weighted by Crippen LogP contribution is -2.31. The Morgan fingerprint density at radius 2 is 1.65 bits per heavy atom. The minimum atomic E-state index is -0.0366. The quantitative estimate of drug-likeness (QED) is 0.421. The van der Waals surface area contributed by atoms with Crippen molar-refractivity contribution in [2.45, 2.75) is 25.3 Å². The van der Waals surface area contributed by atoms with Crippen LogP contribution in [0.2, 0.25) is 0 Å². The van der Waals surface area contributed by atoms with E-state index in [9.17, 15) is 9.59 Å². The number of hydrogen-bond acceptors (Lipinski definition) is 3. The molecule has 0 spiro atoms. The maximum absolute atomic E-state index is 13.2. The summed E-state index contributed by atoms with van der Waals surface area (Å²) < 4.78 is 2.00. The molecule has 6 heteroatoms. The van der Waals surface area contributed by atoms with Crippen LogP contribution in [0.3, 0.4) is 0 Å². The third-order valence-corrected chi connectivity index (χ3v) is 6.59. The molecule has 4 aromatic rings. The number of carbonyl (C=O) groups is 2. The Balaban J connectivity index is 1.38. The van der Waals surface area contributed by atoms with Gasteiger partial charge in [0.2, 0.25) is 11.8 Å². The normalized spacial score (nSPS) is 15.7. The van der Waals surface area contributed by atoms with E-state index < -0.39 is 0 Å². The number of amides is 2. The first-order chi connectivity index (χ1) is 16.6. The van der Waals surface area contributed by atoms with E-state index in [2.05, 4.69) is 12.1 Å². The monoisotopic (exact) mass is 452 g/mol. The van der Waals surface area contributed by atoms with Gasteiger partial charge in [-0.2, -0.15) is 0 Å². The number of imidazole rings is 1. The van der Waals surface area contributed by atoms with Crippen molar-refractivity contribution in [2.75, 3.05) is 25.0 Å². The lowest BCUT2D eigenvalue weighted by Gasteiger charge is -2.20. The van der Waals surface area contributed by atoms with Gasteiger partial charge in [0.25, 0.3) is 0 Å². The van der Waals surface area contributed by atoms with Gasteiger partial charge in [-0.15, -0.1) is 0 Å². The maximum atomic E-state index is 13.2. The molecule has 2 heterocycles. The number of likely N-dealkylation sites (N-methyl/N-ethyl adjacent to an activating group) is 1. The number of rotatable bonds is 7. The van der Waals surface area contributed by atoms with Crippen LogP contribution in [0.15, 0.2) is 84.9 Å². The lowest BCUT2D eigenvalue weighted by atomic mass is 10.1. The minimum Gasteiger partial charge on any atom is -0.342 e. The second-order valence-corrected chi connectivity index (χ2v) is 8.81. The average molecular weight is 453 g/mol. The largest absolute Gasteiger partial charge is 0.342 e. The first-order valence-electron chi connectivity index (χ1n) is 11.7. The van der Waals surface area contributed by atoms with Gasteiger partial charge in [-0.1, -0.05) is 60.7 Å². The zero-order valence-corrected chi connectivity index (χ0v) is 19.3. The zero-order chi connectivity index (χ0) is 23.5. The van der Waals surface area contributed by atoms with Crippen molar-refractivity contribution in [1.82, 2.24) is 14.5 Å². The number of likely N-dealkylation sites (tertiary alicyclic amines) is 1. The minimum absolute atomic E-state index is 0.0270. The molecular weight excluding hydrogens is 424 g/mol. The van der Waals surface area contributed by atoms with Crippen LogP contribution in [0, 0.1) is 0 Å². The molecule has 6 nitrogen and oxygen atoms in total. The van der Waals surface area contributed by atoms with Gasteiger partial charge in [-0.3, -0.25) is 9.59 Å². The number of anilines is 1. The summed E-state index contributed by atoms with van der Waals surface area (Å²) in [6.07, 6.45) is 1.25. The van der Waals surface area contributed by atoms with Crippen LogP contribution in [0.25, 0.3) is 11.0 Å². The molecule has 1 aliphatic heterocycles. The van der Waals surface area contributed by atoms with E-state index in [4.69, 9.17) is 4.98 Å². The van der Waals surface area contributed by atoms with Crippen LogP contribution in [0.5, 0.6) is 0 Å². The second kappa shape index (κ2) is 9.51. The van der Waals surface area contributed by atoms with Crippen LogP contribution < -0.4 is 4.90 Å². The van der Waals surface area contributed by atoms with Crippen molar-refractivity contribution in [3.8, 4) is 0 Å². The lowest BCUT2D eigenvalue weighted by molar-refractivity contribution is -0.127. The Morgan fingerprint density at radius 1 is 0.971 bits per heavy atom. The first-order valence-corrected chi connectivity index (χ1v) is 11.7. The highest BCUT2D eigenvalue weighted by Crippen LogP contribution is 2.31. The maximum Gasteiger partial charge on any atom is 0.246 e. The summed E-state index contributed by atoms with van der Waals surface area (Å²) in [4.78, 5) is 34.5. The number of benzene rings is 3. The molecule has 0 bridgehead atoms.